The van der Waals surface area contributed by atoms with Crippen LogP contribution in [0.3, 0.4) is 0 Å². The van der Waals surface area contributed by atoms with Crippen molar-refractivity contribution in [2.24, 2.45) is 5.92 Å². The van der Waals surface area contributed by atoms with Crippen molar-refractivity contribution in [3.8, 4) is 0 Å². The lowest BCUT2D eigenvalue weighted by Gasteiger charge is -2.34. The molecule has 0 bridgehead atoms. The van der Waals surface area contributed by atoms with E-state index in [0.29, 0.717) is 6.61 Å². The maximum Gasteiger partial charge on any atom is 0.0431 e. The van der Waals surface area contributed by atoms with Crippen LogP contribution in [0.25, 0.3) is 0 Å². The molecule has 0 spiro atoms. The van der Waals surface area contributed by atoms with Crippen molar-refractivity contribution in [2.45, 2.75) is 57.4 Å². The van der Waals surface area contributed by atoms with Crippen molar-refractivity contribution in [2.75, 3.05) is 32.8 Å². The summed E-state index contributed by atoms with van der Waals surface area (Å²) in [5.41, 5.74) is 0. The van der Waals surface area contributed by atoms with E-state index >= 15 is 0 Å². The number of rotatable bonds is 7. The Morgan fingerprint density at radius 3 is 2.72 bits per heavy atom. The number of aliphatic hydroxyl groups excluding tert-OH is 1. The van der Waals surface area contributed by atoms with Crippen molar-refractivity contribution < 1.29 is 5.11 Å². The first-order valence-corrected chi connectivity index (χ1v) is 7.97. The monoisotopic (exact) mass is 254 g/mol. The van der Waals surface area contributed by atoms with Gasteiger partial charge in [-0.15, -0.1) is 0 Å². The van der Waals surface area contributed by atoms with Crippen LogP contribution in [-0.2, 0) is 0 Å². The van der Waals surface area contributed by atoms with Crippen LogP contribution in [0.2, 0.25) is 0 Å². The molecule has 2 aliphatic rings. The van der Waals surface area contributed by atoms with Crippen LogP contribution in [0.4, 0.5) is 0 Å². The fourth-order valence-electron chi connectivity index (χ4n) is 3.65. The Hall–Kier alpha value is -0.120. The van der Waals surface area contributed by atoms with E-state index in [2.05, 4.69) is 10.2 Å². The highest BCUT2D eigenvalue weighted by molar-refractivity contribution is 4.87. The van der Waals surface area contributed by atoms with Gasteiger partial charge in [0.15, 0.2) is 0 Å². The van der Waals surface area contributed by atoms with E-state index in [1.165, 1.54) is 71.1 Å². The van der Waals surface area contributed by atoms with Gasteiger partial charge in [-0.2, -0.15) is 0 Å². The van der Waals surface area contributed by atoms with Crippen molar-refractivity contribution in [3.05, 3.63) is 0 Å². The second kappa shape index (κ2) is 8.13. The number of nitrogens with one attached hydrogen (secondary N) is 1. The quantitative estimate of drug-likeness (QED) is 0.682. The van der Waals surface area contributed by atoms with E-state index in [9.17, 15) is 0 Å². The lowest BCUT2D eigenvalue weighted by molar-refractivity contribution is 0.162. The molecule has 2 N–H and O–H groups in total. The molecule has 2 aliphatic heterocycles. The number of hydrogen-bond acceptors (Lipinski definition) is 3. The van der Waals surface area contributed by atoms with Gasteiger partial charge in [-0.1, -0.05) is 12.8 Å². The normalized spacial score (nSPS) is 29.8. The maximum absolute atomic E-state index is 8.77. The summed E-state index contributed by atoms with van der Waals surface area (Å²) in [7, 11) is 0. The average molecular weight is 254 g/mol. The highest BCUT2D eigenvalue weighted by Crippen LogP contribution is 2.28. The van der Waals surface area contributed by atoms with Crippen molar-refractivity contribution in [3.63, 3.8) is 0 Å². The number of unbranched alkanes of at least 4 members (excludes halogenated alkanes) is 3. The first-order chi connectivity index (χ1) is 8.92. The van der Waals surface area contributed by atoms with Gasteiger partial charge >= 0.3 is 0 Å². The fraction of sp³-hybridized carbons (Fsp3) is 1.00. The third kappa shape index (κ3) is 4.22. The summed E-state index contributed by atoms with van der Waals surface area (Å²) in [6, 6.07) is 0.857. The van der Waals surface area contributed by atoms with Crippen LogP contribution in [0.15, 0.2) is 0 Å². The van der Waals surface area contributed by atoms with Gasteiger partial charge in [-0.05, 0) is 70.6 Å². The topological polar surface area (TPSA) is 35.5 Å². The van der Waals surface area contributed by atoms with Crippen LogP contribution < -0.4 is 5.32 Å². The molecule has 2 atom stereocenters. The predicted molar refractivity (Wildman–Crippen MR) is 75.7 cm³/mol. The summed E-state index contributed by atoms with van der Waals surface area (Å²) in [6.07, 6.45) is 10.4. The minimum absolute atomic E-state index is 0.361. The van der Waals surface area contributed by atoms with Crippen molar-refractivity contribution in [1.29, 1.82) is 0 Å². The zero-order valence-electron chi connectivity index (χ0n) is 11.7. The van der Waals surface area contributed by atoms with Gasteiger partial charge in [-0.3, -0.25) is 0 Å². The van der Waals surface area contributed by atoms with E-state index < -0.39 is 0 Å². The third-order valence-electron chi connectivity index (χ3n) is 4.65. The molecule has 106 valence electrons. The molecule has 0 saturated carbocycles. The number of likely N-dealkylation sites (tertiary alicyclic amines) is 1. The third-order valence-corrected chi connectivity index (χ3v) is 4.65. The van der Waals surface area contributed by atoms with Gasteiger partial charge in [0.1, 0.15) is 0 Å². The summed E-state index contributed by atoms with van der Waals surface area (Å²) in [5, 5.41) is 12.3. The Bertz CT molecular complexity index is 217. The minimum Gasteiger partial charge on any atom is -0.396 e. The number of piperidine rings is 1. The van der Waals surface area contributed by atoms with Crippen LogP contribution >= 0.6 is 0 Å². The molecule has 3 nitrogen and oxygen atoms in total. The van der Waals surface area contributed by atoms with Gasteiger partial charge in [0.2, 0.25) is 0 Å². The summed E-state index contributed by atoms with van der Waals surface area (Å²) in [5.74, 6) is 0.902. The molecule has 18 heavy (non-hydrogen) atoms. The van der Waals surface area contributed by atoms with E-state index in [0.717, 1.165) is 18.4 Å². The van der Waals surface area contributed by atoms with Crippen LogP contribution in [0.1, 0.15) is 51.4 Å². The molecule has 2 saturated heterocycles. The van der Waals surface area contributed by atoms with Gasteiger partial charge in [0, 0.05) is 12.6 Å². The average Bonchev–Trinajstić information content (AvgIpc) is 2.88. The highest BCUT2D eigenvalue weighted by atomic mass is 16.2. The molecule has 2 heterocycles. The Labute approximate surface area is 112 Å². The Kier molecular flexibility index (Phi) is 6.46. The van der Waals surface area contributed by atoms with Crippen LogP contribution in [0.5, 0.6) is 0 Å². The van der Waals surface area contributed by atoms with E-state index in [-0.39, 0.29) is 0 Å². The molecule has 0 amide bonds. The van der Waals surface area contributed by atoms with Crippen LogP contribution in [-0.4, -0.2) is 48.8 Å². The standard InChI is InChI=1S/C15H30N2O/c18-12-4-2-1-3-10-17-11-6-8-15(17)14-7-5-9-16-13-14/h14-16,18H,1-13H2. The van der Waals surface area contributed by atoms with Crippen molar-refractivity contribution >= 4 is 0 Å². The van der Waals surface area contributed by atoms with Crippen molar-refractivity contribution in [1.82, 2.24) is 10.2 Å². The molecule has 0 aromatic heterocycles. The molecule has 0 aromatic rings. The largest absolute Gasteiger partial charge is 0.396 e. The molecule has 2 unspecified atom stereocenters. The molecular weight excluding hydrogens is 224 g/mol. The molecule has 0 aliphatic carbocycles. The predicted octanol–water partition coefficient (Wildman–Crippen LogP) is 2.00. The van der Waals surface area contributed by atoms with Crippen LogP contribution in [0, 0.1) is 5.92 Å². The van der Waals surface area contributed by atoms with Gasteiger partial charge in [-0.25, -0.2) is 0 Å². The number of hydrogen-bond donors (Lipinski definition) is 2. The van der Waals surface area contributed by atoms with Gasteiger partial charge < -0.3 is 15.3 Å². The Morgan fingerprint density at radius 2 is 1.94 bits per heavy atom. The summed E-state index contributed by atoms with van der Waals surface area (Å²) < 4.78 is 0. The summed E-state index contributed by atoms with van der Waals surface area (Å²) in [6.45, 7) is 5.43. The molecule has 3 heteroatoms. The first-order valence-electron chi connectivity index (χ1n) is 7.97. The number of nitrogens with zero attached hydrogens (tertiary/aromatic N) is 1. The maximum atomic E-state index is 8.77. The summed E-state index contributed by atoms with van der Waals surface area (Å²) >= 11 is 0. The highest BCUT2D eigenvalue weighted by Gasteiger charge is 2.31. The smallest absolute Gasteiger partial charge is 0.0431 e. The Morgan fingerprint density at radius 1 is 1.06 bits per heavy atom. The molecular formula is C15H30N2O. The first kappa shape index (κ1) is 14.3. The minimum atomic E-state index is 0.361. The summed E-state index contributed by atoms with van der Waals surface area (Å²) in [4.78, 5) is 2.75. The zero-order chi connectivity index (χ0) is 12.6. The second-order valence-electron chi connectivity index (χ2n) is 5.99. The van der Waals surface area contributed by atoms with Gasteiger partial charge in [0.05, 0.1) is 0 Å². The molecule has 0 aromatic carbocycles. The fourth-order valence-corrected chi connectivity index (χ4v) is 3.65. The molecule has 2 rings (SSSR count). The van der Waals surface area contributed by atoms with Gasteiger partial charge in [0.25, 0.3) is 0 Å². The zero-order valence-corrected chi connectivity index (χ0v) is 11.7. The SMILES string of the molecule is OCCCCCCN1CCCC1C1CCCNC1. The van der Waals surface area contributed by atoms with E-state index in [4.69, 9.17) is 5.11 Å². The van der Waals surface area contributed by atoms with E-state index in [1.807, 2.05) is 0 Å². The Balaban J connectivity index is 1.66. The lowest BCUT2D eigenvalue weighted by atomic mass is 9.90. The lowest BCUT2D eigenvalue weighted by Crippen LogP contribution is -2.43. The second-order valence-corrected chi connectivity index (χ2v) is 5.99. The number of aliphatic hydroxyl groups is 1. The molecule has 0 radical (unpaired) electrons. The van der Waals surface area contributed by atoms with E-state index in [1.54, 1.807) is 0 Å². The molecule has 2 fully saturated rings.